The van der Waals surface area contributed by atoms with E-state index >= 15 is 0 Å². The van der Waals surface area contributed by atoms with Crippen LogP contribution in [0.15, 0.2) is 18.2 Å². The van der Waals surface area contributed by atoms with Crippen LogP contribution < -0.4 is 0 Å². The quantitative estimate of drug-likeness (QED) is 0.633. The van der Waals surface area contributed by atoms with Crippen LogP contribution in [-0.4, -0.2) is 42.0 Å². The summed E-state index contributed by atoms with van der Waals surface area (Å²) in [6.07, 6.45) is 0.644. The third kappa shape index (κ3) is 3.18. The maximum atomic E-state index is 13.8. The molecule has 1 aliphatic heterocycles. The van der Waals surface area contributed by atoms with E-state index in [1.54, 1.807) is 7.11 Å². The van der Waals surface area contributed by atoms with Crippen molar-refractivity contribution in [1.82, 2.24) is 4.90 Å². The number of benzene rings is 1. The van der Waals surface area contributed by atoms with Crippen LogP contribution in [0, 0.1) is 21.8 Å². The van der Waals surface area contributed by atoms with Crippen LogP contribution in [0.25, 0.3) is 0 Å². The van der Waals surface area contributed by atoms with Gasteiger partial charge in [0.2, 0.25) is 0 Å². The molecule has 2 rings (SSSR count). The Morgan fingerprint density at radius 2 is 2.24 bits per heavy atom. The van der Waals surface area contributed by atoms with Crippen LogP contribution in [0.5, 0.6) is 0 Å². The number of carbonyl (C=O) groups is 1. The molecule has 0 saturated carbocycles. The summed E-state index contributed by atoms with van der Waals surface area (Å²) in [5.74, 6) is -0.975. The number of amides is 1. The van der Waals surface area contributed by atoms with Crippen molar-refractivity contribution in [1.29, 1.82) is 0 Å². The van der Waals surface area contributed by atoms with Gasteiger partial charge in [-0.3, -0.25) is 14.9 Å². The van der Waals surface area contributed by atoms with E-state index in [0.717, 1.165) is 24.6 Å². The number of piperidine rings is 1. The maximum Gasteiger partial charge on any atom is 0.270 e. The summed E-state index contributed by atoms with van der Waals surface area (Å²) >= 11 is 0. The molecule has 1 aromatic rings. The zero-order valence-corrected chi connectivity index (χ0v) is 11.9. The van der Waals surface area contributed by atoms with Crippen molar-refractivity contribution in [3.8, 4) is 0 Å². The second-order valence-electron chi connectivity index (χ2n) is 5.21. The van der Waals surface area contributed by atoms with Crippen LogP contribution >= 0.6 is 0 Å². The van der Waals surface area contributed by atoms with Crippen molar-refractivity contribution < 1.29 is 18.8 Å². The molecule has 2 atom stereocenters. The van der Waals surface area contributed by atoms with E-state index in [1.165, 1.54) is 4.90 Å². The Balaban J connectivity index is 2.24. The normalized spacial score (nSPS) is 22.1. The molecular formula is C14H17FN2O4. The zero-order valence-electron chi connectivity index (χ0n) is 11.9. The number of halogens is 1. The Morgan fingerprint density at radius 1 is 1.52 bits per heavy atom. The number of ether oxygens (including phenoxy) is 1. The second-order valence-corrected chi connectivity index (χ2v) is 5.21. The van der Waals surface area contributed by atoms with E-state index in [-0.39, 0.29) is 17.4 Å². The molecule has 0 aromatic heterocycles. The number of carbonyl (C=O) groups excluding carboxylic acids is 1. The highest BCUT2D eigenvalue weighted by Gasteiger charge is 2.30. The van der Waals surface area contributed by atoms with Gasteiger partial charge in [-0.2, -0.15) is 0 Å². The molecule has 1 fully saturated rings. The minimum Gasteiger partial charge on any atom is -0.379 e. The minimum absolute atomic E-state index is 0.107. The molecule has 0 N–H and O–H groups in total. The molecule has 0 spiro atoms. The SMILES string of the molecule is COC1CN(C(=O)c2cc([N+](=O)[O-])ccc2F)CCC1C. The number of methoxy groups -OCH3 is 1. The van der Waals surface area contributed by atoms with Crippen molar-refractivity contribution >= 4 is 11.6 Å². The highest BCUT2D eigenvalue weighted by Crippen LogP contribution is 2.23. The molecule has 0 radical (unpaired) electrons. The highest BCUT2D eigenvalue weighted by molar-refractivity contribution is 5.95. The first-order chi connectivity index (χ1) is 9.93. The van der Waals surface area contributed by atoms with Crippen molar-refractivity contribution in [2.75, 3.05) is 20.2 Å². The average Bonchev–Trinajstić information content (AvgIpc) is 2.47. The van der Waals surface area contributed by atoms with Crippen LogP contribution in [0.4, 0.5) is 10.1 Å². The fraction of sp³-hybridized carbons (Fsp3) is 0.500. The van der Waals surface area contributed by atoms with E-state index in [9.17, 15) is 19.3 Å². The Labute approximate surface area is 121 Å². The lowest BCUT2D eigenvalue weighted by atomic mass is 9.95. The number of hydrogen-bond donors (Lipinski definition) is 0. The fourth-order valence-corrected chi connectivity index (χ4v) is 2.49. The largest absolute Gasteiger partial charge is 0.379 e. The molecule has 21 heavy (non-hydrogen) atoms. The number of nitrogens with zero attached hydrogens (tertiary/aromatic N) is 2. The van der Waals surface area contributed by atoms with E-state index in [4.69, 9.17) is 4.74 Å². The fourth-order valence-electron chi connectivity index (χ4n) is 2.49. The maximum absolute atomic E-state index is 13.8. The van der Waals surface area contributed by atoms with Crippen LogP contribution in [0.3, 0.4) is 0 Å². The molecule has 2 unspecified atom stereocenters. The van der Waals surface area contributed by atoms with Gasteiger partial charge >= 0.3 is 0 Å². The summed E-state index contributed by atoms with van der Waals surface area (Å²) in [4.78, 5) is 24.0. The molecule has 0 bridgehead atoms. The first-order valence-corrected chi connectivity index (χ1v) is 6.70. The van der Waals surface area contributed by atoms with Gasteiger partial charge in [0.05, 0.1) is 16.6 Å². The molecule has 1 saturated heterocycles. The third-order valence-electron chi connectivity index (χ3n) is 3.87. The first kappa shape index (κ1) is 15.4. The summed E-state index contributed by atoms with van der Waals surface area (Å²) in [5.41, 5.74) is -0.568. The lowest BCUT2D eigenvalue weighted by molar-refractivity contribution is -0.384. The van der Waals surface area contributed by atoms with Crippen molar-refractivity contribution in [3.05, 3.63) is 39.7 Å². The molecule has 1 heterocycles. The van der Waals surface area contributed by atoms with Gasteiger partial charge in [-0.1, -0.05) is 6.92 Å². The molecule has 1 aliphatic rings. The molecule has 7 heteroatoms. The van der Waals surface area contributed by atoms with Crippen LogP contribution in [-0.2, 0) is 4.74 Å². The van der Waals surface area contributed by atoms with Gasteiger partial charge in [0.1, 0.15) is 5.82 Å². The Morgan fingerprint density at radius 3 is 2.86 bits per heavy atom. The minimum atomic E-state index is -0.752. The van der Waals surface area contributed by atoms with Gasteiger partial charge in [0, 0.05) is 32.3 Å². The Hall–Kier alpha value is -2.02. The molecule has 0 aliphatic carbocycles. The van der Waals surface area contributed by atoms with Gasteiger partial charge in [0.25, 0.3) is 11.6 Å². The van der Waals surface area contributed by atoms with Gasteiger partial charge in [-0.05, 0) is 18.4 Å². The van der Waals surface area contributed by atoms with E-state index in [0.29, 0.717) is 19.0 Å². The lowest BCUT2D eigenvalue weighted by Crippen LogP contribution is -2.46. The van der Waals surface area contributed by atoms with Crippen molar-refractivity contribution in [3.63, 3.8) is 0 Å². The number of nitro benzene ring substituents is 1. The predicted molar refractivity (Wildman–Crippen MR) is 73.5 cm³/mol. The Kier molecular flexibility index (Phi) is 4.52. The second kappa shape index (κ2) is 6.17. The molecular weight excluding hydrogens is 279 g/mol. The Bertz CT molecular complexity index is 564. The number of nitro groups is 1. The first-order valence-electron chi connectivity index (χ1n) is 6.70. The summed E-state index contributed by atoms with van der Waals surface area (Å²) in [5, 5.41) is 10.7. The predicted octanol–water partition coefficient (Wildman–Crippen LogP) is 2.23. The third-order valence-corrected chi connectivity index (χ3v) is 3.87. The van der Waals surface area contributed by atoms with Gasteiger partial charge in [0.15, 0.2) is 0 Å². The van der Waals surface area contributed by atoms with Crippen molar-refractivity contribution in [2.45, 2.75) is 19.4 Å². The van der Waals surface area contributed by atoms with E-state index in [1.807, 2.05) is 6.92 Å². The molecule has 1 amide bonds. The average molecular weight is 296 g/mol. The lowest BCUT2D eigenvalue weighted by Gasteiger charge is -2.36. The number of rotatable bonds is 3. The summed E-state index contributed by atoms with van der Waals surface area (Å²) < 4.78 is 19.1. The summed E-state index contributed by atoms with van der Waals surface area (Å²) in [6, 6.07) is 2.98. The van der Waals surface area contributed by atoms with Gasteiger partial charge in [-0.25, -0.2) is 4.39 Å². The molecule has 114 valence electrons. The number of hydrogen-bond acceptors (Lipinski definition) is 4. The summed E-state index contributed by atoms with van der Waals surface area (Å²) in [7, 11) is 1.57. The topological polar surface area (TPSA) is 72.7 Å². The standard InChI is InChI=1S/C14H17FN2O4/c1-9-5-6-16(8-13(9)21-2)14(18)11-7-10(17(19)20)3-4-12(11)15/h3-4,7,9,13H,5-6,8H2,1-2H3. The van der Waals surface area contributed by atoms with E-state index < -0.39 is 16.6 Å². The molecule has 6 nitrogen and oxygen atoms in total. The van der Waals surface area contributed by atoms with Gasteiger partial charge in [-0.15, -0.1) is 0 Å². The van der Waals surface area contributed by atoms with Gasteiger partial charge < -0.3 is 9.64 Å². The number of likely N-dealkylation sites (tertiary alicyclic amines) is 1. The van der Waals surface area contributed by atoms with Crippen LogP contribution in [0.2, 0.25) is 0 Å². The summed E-state index contributed by atoms with van der Waals surface area (Å²) in [6.45, 7) is 2.88. The monoisotopic (exact) mass is 296 g/mol. The zero-order chi connectivity index (χ0) is 15.6. The van der Waals surface area contributed by atoms with Crippen LogP contribution in [0.1, 0.15) is 23.7 Å². The number of non-ortho nitro benzene ring substituents is 1. The van der Waals surface area contributed by atoms with Crippen molar-refractivity contribution in [2.24, 2.45) is 5.92 Å². The highest BCUT2D eigenvalue weighted by atomic mass is 19.1. The smallest absolute Gasteiger partial charge is 0.270 e. The molecule has 1 aromatic carbocycles. The van der Waals surface area contributed by atoms with E-state index in [2.05, 4.69) is 0 Å².